The van der Waals surface area contributed by atoms with Crippen LogP contribution in [0.5, 0.6) is 0 Å². The van der Waals surface area contributed by atoms with Crippen LogP contribution >= 0.6 is 0 Å². The van der Waals surface area contributed by atoms with Gasteiger partial charge in [0.25, 0.3) is 0 Å². The number of carbonyl (C=O) groups excluding carboxylic acids is 1. The Bertz CT molecular complexity index is 700. The van der Waals surface area contributed by atoms with Crippen molar-refractivity contribution >= 4 is 17.5 Å². The van der Waals surface area contributed by atoms with Gasteiger partial charge in [-0.3, -0.25) is 9.59 Å². The van der Waals surface area contributed by atoms with Crippen LogP contribution in [-0.4, -0.2) is 33.9 Å². The summed E-state index contributed by atoms with van der Waals surface area (Å²) in [6.07, 6.45) is 8.10. The van der Waals surface area contributed by atoms with Crippen LogP contribution in [0.2, 0.25) is 0 Å². The van der Waals surface area contributed by atoms with Crippen LogP contribution in [0.15, 0.2) is 41.7 Å². The fourth-order valence-corrected chi connectivity index (χ4v) is 2.58. The molecule has 1 amide bonds. The van der Waals surface area contributed by atoms with Crippen LogP contribution in [0.3, 0.4) is 0 Å². The fourth-order valence-electron chi connectivity index (χ4n) is 2.58. The minimum absolute atomic E-state index is 0.141. The summed E-state index contributed by atoms with van der Waals surface area (Å²) in [5.74, 6) is 0.312. The van der Waals surface area contributed by atoms with E-state index in [1.54, 1.807) is 18.5 Å². The molecule has 1 fully saturated rings. The average molecular weight is 299 g/mol. The molecule has 2 aromatic rings. The molecule has 1 aliphatic rings. The van der Waals surface area contributed by atoms with Crippen molar-refractivity contribution in [1.82, 2.24) is 15.0 Å². The number of H-pyrrole nitrogens is 1. The van der Waals surface area contributed by atoms with E-state index >= 15 is 0 Å². The van der Waals surface area contributed by atoms with Gasteiger partial charge in [0.1, 0.15) is 5.69 Å². The van der Waals surface area contributed by atoms with E-state index in [0.29, 0.717) is 12.5 Å². The van der Waals surface area contributed by atoms with Crippen molar-refractivity contribution in [3.8, 4) is 0 Å². The van der Waals surface area contributed by atoms with Crippen LogP contribution in [0, 0.1) is 5.92 Å². The first-order chi connectivity index (χ1) is 10.7. The van der Waals surface area contributed by atoms with E-state index in [0.717, 1.165) is 19.4 Å². The lowest BCUT2D eigenvalue weighted by Crippen LogP contribution is -2.41. The molecule has 7 heteroatoms. The topological polar surface area (TPSA) is 91.0 Å². The molecule has 0 saturated carbocycles. The number of nitrogens with one attached hydrogen (secondary N) is 2. The summed E-state index contributed by atoms with van der Waals surface area (Å²) in [4.78, 5) is 37.3. The number of nitrogens with zero attached hydrogens (tertiary/aromatic N) is 3. The van der Waals surface area contributed by atoms with E-state index in [-0.39, 0.29) is 22.9 Å². The Labute approximate surface area is 127 Å². The third kappa shape index (κ3) is 3.13. The van der Waals surface area contributed by atoms with Crippen LogP contribution in [0.4, 0.5) is 11.6 Å². The highest BCUT2D eigenvalue weighted by atomic mass is 16.2. The van der Waals surface area contributed by atoms with Crippen LogP contribution in [-0.2, 0) is 4.79 Å². The second-order valence-corrected chi connectivity index (χ2v) is 5.25. The van der Waals surface area contributed by atoms with Crippen LogP contribution in [0.25, 0.3) is 0 Å². The summed E-state index contributed by atoms with van der Waals surface area (Å²) < 4.78 is 0. The quantitative estimate of drug-likeness (QED) is 0.883. The minimum Gasteiger partial charge on any atom is -0.366 e. The second kappa shape index (κ2) is 6.38. The van der Waals surface area contributed by atoms with Crippen molar-refractivity contribution in [2.24, 2.45) is 5.92 Å². The SMILES string of the molecule is O=C(Nc1c[nH]ccc1=O)C1CCCN(c2ncccn2)C1. The summed E-state index contributed by atoms with van der Waals surface area (Å²) in [7, 11) is 0. The largest absolute Gasteiger partial charge is 0.366 e. The number of piperidine rings is 1. The molecule has 0 spiro atoms. The molecule has 1 unspecified atom stereocenters. The fraction of sp³-hybridized carbons (Fsp3) is 0.333. The molecule has 1 atom stereocenters. The zero-order chi connectivity index (χ0) is 15.4. The predicted molar refractivity (Wildman–Crippen MR) is 82.7 cm³/mol. The minimum atomic E-state index is -0.203. The maximum atomic E-state index is 12.4. The molecule has 1 saturated heterocycles. The van der Waals surface area contributed by atoms with E-state index in [9.17, 15) is 9.59 Å². The summed E-state index contributed by atoms with van der Waals surface area (Å²) in [6.45, 7) is 1.39. The molecule has 7 nitrogen and oxygen atoms in total. The maximum absolute atomic E-state index is 12.4. The number of aromatic nitrogens is 3. The smallest absolute Gasteiger partial charge is 0.229 e. The molecule has 2 N–H and O–H groups in total. The zero-order valence-corrected chi connectivity index (χ0v) is 12.0. The zero-order valence-electron chi connectivity index (χ0n) is 12.0. The average Bonchev–Trinajstić information content (AvgIpc) is 2.58. The molecule has 3 rings (SSSR count). The number of hydrogen-bond acceptors (Lipinski definition) is 5. The number of rotatable bonds is 3. The predicted octanol–water partition coefficient (Wildman–Crippen LogP) is 1.02. The molecule has 114 valence electrons. The number of anilines is 2. The third-order valence-corrected chi connectivity index (χ3v) is 3.71. The molecule has 3 heterocycles. The Hall–Kier alpha value is -2.70. The van der Waals surface area contributed by atoms with E-state index in [1.807, 2.05) is 4.90 Å². The van der Waals surface area contributed by atoms with Gasteiger partial charge in [0.15, 0.2) is 0 Å². The first kappa shape index (κ1) is 14.2. The van der Waals surface area contributed by atoms with E-state index in [1.165, 1.54) is 18.5 Å². The van der Waals surface area contributed by atoms with Crippen molar-refractivity contribution in [2.45, 2.75) is 12.8 Å². The highest BCUT2D eigenvalue weighted by Gasteiger charge is 2.27. The van der Waals surface area contributed by atoms with Gasteiger partial charge in [-0.25, -0.2) is 9.97 Å². The Morgan fingerprint density at radius 2 is 2.18 bits per heavy atom. The van der Waals surface area contributed by atoms with Crippen molar-refractivity contribution in [3.05, 3.63) is 47.1 Å². The van der Waals surface area contributed by atoms with Crippen molar-refractivity contribution < 1.29 is 4.79 Å². The maximum Gasteiger partial charge on any atom is 0.229 e. The lowest BCUT2D eigenvalue weighted by Gasteiger charge is -2.31. The first-order valence-corrected chi connectivity index (χ1v) is 7.24. The third-order valence-electron chi connectivity index (χ3n) is 3.71. The van der Waals surface area contributed by atoms with E-state index in [4.69, 9.17) is 0 Å². The van der Waals surface area contributed by atoms with Gasteiger partial charge in [0.2, 0.25) is 17.3 Å². The number of pyridine rings is 1. The van der Waals surface area contributed by atoms with E-state index < -0.39 is 0 Å². The van der Waals surface area contributed by atoms with Gasteiger partial charge < -0.3 is 15.2 Å². The lowest BCUT2D eigenvalue weighted by molar-refractivity contribution is -0.120. The molecule has 1 aliphatic heterocycles. The lowest BCUT2D eigenvalue weighted by atomic mass is 9.97. The molecular weight excluding hydrogens is 282 g/mol. The summed E-state index contributed by atoms with van der Waals surface area (Å²) in [5.41, 5.74) is 0.0757. The Kier molecular flexibility index (Phi) is 4.13. The molecular formula is C15H17N5O2. The highest BCUT2D eigenvalue weighted by Crippen LogP contribution is 2.20. The van der Waals surface area contributed by atoms with Gasteiger partial charge in [-0.2, -0.15) is 0 Å². The van der Waals surface area contributed by atoms with Crippen LogP contribution in [0.1, 0.15) is 12.8 Å². The summed E-state index contributed by atoms with van der Waals surface area (Å²) in [5, 5.41) is 2.70. The number of amides is 1. The van der Waals surface area contributed by atoms with Gasteiger partial charge in [-0.15, -0.1) is 0 Å². The molecule has 0 aromatic carbocycles. The molecule has 2 aromatic heterocycles. The molecule has 0 bridgehead atoms. The molecule has 0 radical (unpaired) electrons. The Morgan fingerprint density at radius 3 is 2.95 bits per heavy atom. The van der Waals surface area contributed by atoms with Gasteiger partial charge in [0.05, 0.1) is 5.92 Å². The monoisotopic (exact) mass is 299 g/mol. The normalized spacial score (nSPS) is 18.0. The van der Waals surface area contributed by atoms with Crippen molar-refractivity contribution in [1.29, 1.82) is 0 Å². The van der Waals surface area contributed by atoms with Gasteiger partial charge in [0, 0.05) is 43.9 Å². The first-order valence-electron chi connectivity index (χ1n) is 7.24. The van der Waals surface area contributed by atoms with Crippen molar-refractivity contribution in [3.63, 3.8) is 0 Å². The molecule has 22 heavy (non-hydrogen) atoms. The summed E-state index contributed by atoms with van der Waals surface area (Å²) in [6, 6.07) is 3.15. The van der Waals surface area contributed by atoms with Crippen LogP contribution < -0.4 is 15.6 Å². The number of aromatic amines is 1. The Balaban J connectivity index is 1.68. The van der Waals surface area contributed by atoms with Gasteiger partial charge in [-0.1, -0.05) is 0 Å². The summed E-state index contributed by atoms with van der Waals surface area (Å²) >= 11 is 0. The molecule has 0 aliphatic carbocycles. The highest BCUT2D eigenvalue weighted by molar-refractivity contribution is 5.92. The van der Waals surface area contributed by atoms with Crippen molar-refractivity contribution in [2.75, 3.05) is 23.3 Å². The standard InChI is InChI=1S/C15H17N5O2/c21-13-4-7-16-9-12(13)19-14(22)11-3-1-8-20(10-11)15-17-5-2-6-18-15/h2,4-7,9,11H,1,3,8,10H2,(H,16,21)(H,19,22). The van der Waals surface area contributed by atoms with Gasteiger partial charge in [-0.05, 0) is 18.9 Å². The van der Waals surface area contributed by atoms with Gasteiger partial charge >= 0.3 is 0 Å². The number of carbonyl (C=O) groups is 1. The second-order valence-electron chi connectivity index (χ2n) is 5.25. The van der Waals surface area contributed by atoms with E-state index in [2.05, 4.69) is 20.3 Å². The number of hydrogen-bond donors (Lipinski definition) is 2. The Morgan fingerprint density at radius 1 is 1.36 bits per heavy atom.